The van der Waals surface area contributed by atoms with Crippen molar-refractivity contribution in [3.05, 3.63) is 29.8 Å². The number of phenolic OH excluding ortho intramolecular Hbond substituents is 1. The Morgan fingerprint density at radius 2 is 1.79 bits per heavy atom. The largest absolute Gasteiger partial charge is 0.508 e. The second-order valence-corrected chi connectivity index (χ2v) is 8.89. The number of aliphatic hydroxyl groups is 1. The van der Waals surface area contributed by atoms with Crippen molar-refractivity contribution in [3.8, 4) is 5.75 Å². The van der Waals surface area contributed by atoms with Crippen LogP contribution in [0.25, 0.3) is 0 Å². The highest BCUT2D eigenvalue weighted by Crippen LogP contribution is 2.42. The Kier molecular flexibility index (Phi) is 5.90. The predicted molar refractivity (Wildman–Crippen MR) is 106 cm³/mol. The summed E-state index contributed by atoms with van der Waals surface area (Å²) in [5.41, 5.74) is 1.17. The quantitative estimate of drug-likeness (QED) is 0.823. The SMILES string of the molecule is O=C(Cc1ccc(O)cc1)N1CCC2(CC1)CO[C@H](CN1CCC(O)CC1)C2. The predicted octanol–water partition coefficient (Wildman–Crippen LogP) is 1.79. The number of nitrogens with zero attached hydrogens (tertiary/aromatic N) is 2. The van der Waals surface area contributed by atoms with Gasteiger partial charge in [-0.15, -0.1) is 0 Å². The second kappa shape index (κ2) is 8.39. The molecule has 0 unspecified atom stereocenters. The Morgan fingerprint density at radius 3 is 2.46 bits per heavy atom. The molecule has 1 aromatic carbocycles. The standard InChI is InChI=1S/C22H32N2O4/c25-18-3-1-17(2-4-18)13-21(27)24-11-7-22(8-12-24)14-20(28-16-22)15-23-9-5-19(26)6-10-23/h1-4,19-20,25-26H,5-16H2/t20-/m0/s1. The van der Waals surface area contributed by atoms with Crippen molar-refractivity contribution in [1.29, 1.82) is 0 Å². The number of piperidine rings is 2. The highest BCUT2D eigenvalue weighted by Gasteiger charge is 2.43. The molecule has 3 saturated heterocycles. The first-order valence-corrected chi connectivity index (χ1v) is 10.6. The van der Waals surface area contributed by atoms with Crippen molar-refractivity contribution in [1.82, 2.24) is 9.80 Å². The van der Waals surface area contributed by atoms with Gasteiger partial charge in [0.15, 0.2) is 0 Å². The van der Waals surface area contributed by atoms with E-state index in [1.165, 1.54) is 0 Å². The van der Waals surface area contributed by atoms with Crippen LogP contribution in [0.2, 0.25) is 0 Å². The lowest BCUT2D eigenvalue weighted by atomic mass is 9.76. The fourth-order valence-electron chi connectivity index (χ4n) is 4.88. The van der Waals surface area contributed by atoms with Gasteiger partial charge in [-0.3, -0.25) is 4.79 Å². The van der Waals surface area contributed by atoms with Crippen LogP contribution in [-0.4, -0.2) is 77.5 Å². The zero-order chi connectivity index (χ0) is 19.6. The number of carbonyl (C=O) groups is 1. The van der Waals surface area contributed by atoms with Crippen LogP contribution >= 0.6 is 0 Å². The van der Waals surface area contributed by atoms with Crippen LogP contribution < -0.4 is 0 Å². The Hall–Kier alpha value is -1.63. The minimum Gasteiger partial charge on any atom is -0.508 e. The monoisotopic (exact) mass is 388 g/mol. The number of amides is 1. The summed E-state index contributed by atoms with van der Waals surface area (Å²) in [5, 5.41) is 19.0. The summed E-state index contributed by atoms with van der Waals surface area (Å²) in [6.45, 7) is 5.33. The molecule has 154 valence electrons. The van der Waals surface area contributed by atoms with E-state index in [-0.39, 0.29) is 29.3 Å². The summed E-state index contributed by atoms with van der Waals surface area (Å²) in [6.07, 6.45) is 5.42. The minimum atomic E-state index is -0.129. The fraction of sp³-hybridized carbons (Fsp3) is 0.682. The number of ether oxygens (including phenoxy) is 1. The molecule has 3 aliphatic heterocycles. The van der Waals surface area contributed by atoms with Gasteiger partial charge in [0, 0.05) is 32.7 Å². The van der Waals surface area contributed by atoms with Crippen LogP contribution in [0.4, 0.5) is 0 Å². The van der Waals surface area contributed by atoms with E-state index >= 15 is 0 Å². The highest BCUT2D eigenvalue weighted by atomic mass is 16.5. The first-order valence-electron chi connectivity index (χ1n) is 10.6. The van der Waals surface area contributed by atoms with E-state index < -0.39 is 0 Å². The molecular formula is C22H32N2O4. The Morgan fingerprint density at radius 1 is 1.11 bits per heavy atom. The molecule has 1 atom stereocenters. The highest BCUT2D eigenvalue weighted by molar-refractivity contribution is 5.78. The summed E-state index contributed by atoms with van der Waals surface area (Å²) in [7, 11) is 0. The molecular weight excluding hydrogens is 356 g/mol. The summed E-state index contributed by atoms with van der Waals surface area (Å²) < 4.78 is 6.15. The van der Waals surface area contributed by atoms with E-state index in [4.69, 9.17) is 4.74 Å². The van der Waals surface area contributed by atoms with E-state index in [9.17, 15) is 15.0 Å². The van der Waals surface area contributed by atoms with Crippen LogP contribution in [-0.2, 0) is 16.0 Å². The van der Waals surface area contributed by atoms with E-state index in [1.54, 1.807) is 12.1 Å². The third-order valence-electron chi connectivity index (χ3n) is 6.77. The van der Waals surface area contributed by atoms with Gasteiger partial charge < -0.3 is 24.7 Å². The molecule has 3 heterocycles. The molecule has 3 aliphatic rings. The summed E-state index contributed by atoms with van der Waals surface area (Å²) in [4.78, 5) is 17.0. The second-order valence-electron chi connectivity index (χ2n) is 8.89. The molecule has 6 nitrogen and oxygen atoms in total. The number of phenols is 1. The Balaban J connectivity index is 1.23. The van der Waals surface area contributed by atoms with Crippen LogP contribution in [0.3, 0.4) is 0 Å². The maximum absolute atomic E-state index is 12.6. The van der Waals surface area contributed by atoms with Gasteiger partial charge in [-0.05, 0) is 55.2 Å². The number of hydrogen-bond acceptors (Lipinski definition) is 5. The zero-order valence-corrected chi connectivity index (χ0v) is 16.6. The van der Waals surface area contributed by atoms with Gasteiger partial charge in [-0.1, -0.05) is 12.1 Å². The molecule has 28 heavy (non-hydrogen) atoms. The van der Waals surface area contributed by atoms with Crippen molar-refractivity contribution in [3.63, 3.8) is 0 Å². The minimum absolute atomic E-state index is 0.129. The Labute approximate surface area is 167 Å². The number of likely N-dealkylation sites (tertiary alicyclic amines) is 2. The van der Waals surface area contributed by atoms with Crippen molar-refractivity contribution in [2.45, 2.75) is 50.7 Å². The lowest BCUT2D eigenvalue weighted by molar-refractivity contribution is -0.132. The average molecular weight is 389 g/mol. The number of aliphatic hydroxyl groups excluding tert-OH is 1. The van der Waals surface area contributed by atoms with E-state index in [2.05, 4.69) is 4.90 Å². The summed E-state index contributed by atoms with van der Waals surface area (Å²) in [5.74, 6) is 0.399. The molecule has 0 aromatic heterocycles. The van der Waals surface area contributed by atoms with Gasteiger partial charge in [0.05, 0.1) is 25.2 Å². The van der Waals surface area contributed by atoms with Crippen LogP contribution in [0.1, 0.15) is 37.7 Å². The smallest absolute Gasteiger partial charge is 0.226 e. The zero-order valence-electron chi connectivity index (χ0n) is 16.6. The van der Waals surface area contributed by atoms with Crippen LogP contribution in [0.5, 0.6) is 5.75 Å². The molecule has 1 spiro atoms. The molecule has 3 fully saturated rings. The molecule has 0 aliphatic carbocycles. The van der Waals surface area contributed by atoms with Gasteiger partial charge in [0.2, 0.25) is 5.91 Å². The third-order valence-corrected chi connectivity index (χ3v) is 6.77. The maximum Gasteiger partial charge on any atom is 0.226 e. The summed E-state index contributed by atoms with van der Waals surface area (Å²) in [6, 6.07) is 6.89. The number of carbonyl (C=O) groups excluding carboxylic acids is 1. The van der Waals surface area contributed by atoms with Crippen molar-refractivity contribution >= 4 is 5.91 Å². The normalized spacial score (nSPS) is 26.0. The lowest BCUT2D eigenvalue weighted by Gasteiger charge is -2.38. The van der Waals surface area contributed by atoms with Gasteiger partial charge in [-0.2, -0.15) is 0 Å². The molecule has 0 radical (unpaired) electrons. The van der Waals surface area contributed by atoms with E-state index in [1.807, 2.05) is 17.0 Å². The first-order chi connectivity index (χ1) is 13.5. The number of hydrogen-bond donors (Lipinski definition) is 2. The van der Waals surface area contributed by atoms with Crippen LogP contribution in [0.15, 0.2) is 24.3 Å². The third kappa shape index (κ3) is 4.67. The topological polar surface area (TPSA) is 73.2 Å². The Bertz CT molecular complexity index is 662. The summed E-state index contributed by atoms with van der Waals surface area (Å²) >= 11 is 0. The molecule has 4 rings (SSSR count). The fourth-order valence-corrected chi connectivity index (χ4v) is 4.88. The van der Waals surface area contributed by atoms with Crippen molar-refractivity contribution in [2.75, 3.05) is 39.3 Å². The van der Waals surface area contributed by atoms with Gasteiger partial charge in [0.1, 0.15) is 5.75 Å². The molecule has 0 saturated carbocycles. The van der Waals surface area contributed by atoms with E-state index in [0.29, 0.717) is 6.42 Å². The molecule has 1 amide bonds. The molecule has 6 heteroatoms. The first kappa shape index (κ1) is 19.7. The van der Waals surface area contributed by atoms with Gasteiger partial charge in [0.25, 0.3) is 0 Å². The average Bonchev–Trinajstić information content (AvgIpc) is 3.08. The van der Waals surface area contributed by atoms with Crippen LogP contribution in [0, 0.1) is 5.41 Å². The molecule has 2 N–H and O–H groups in total. The maximum atomic E-state index is 12.6. The van der Waals surface area contributed by atoms with Crippen molar-refractivity contribution < 1.29 is 19.7 Å². The van der Waals surface area contributed by atoms with E-state index in [0.717, 1.165) is 77.0 Å². The number of benzene rings is 1. The molecule has 1 aromatic rings. The van der Waals surface area contributed by atoms with Gasteiger partial charge >= 0.3 is 0 Å². The van der Waals surface area contributed by atoms with Gasteiger partial charge in [-0.25, -0.2) is 0 Å². The van der Waals surface area contributed by atoms with Crippen molar-refractivity contribution in [2.24, 2.45) is 5.41 Å². The molecule has 0 bridgehead atoms. The number of aromatic hydroxyl groups is 1. The number of rotatable bonds is 4. The lowest BCUT2D eigenvalue weighted by Crippen LogP contribution is -2.44.